The molecule has 0 aliphatic rings. The maximum Gasteiger partial charge on any atom is 0.434 e. The Bertz CT molecular complexity index is 317. The van der Waals surface area contributed by atoms with Gasteiger partial charge in [0, 0.05) is 0 Å². The molecule has 0 aliphatic carbocycles. The second-order valence-electron chi connectivity index (χ2n) is 3.52. The zero-order chi connectivity index (χ0) is 10.1. The van der Waals surface area contributed by atoms with Gasteiger partial charge in [0.05, 0.1) is 5.54 Å². The molecule has 0 atom stereocenters. The summed E-state index contributed by atoms with van der Waals surface area (Å²) in [6, 6.07) is 0. The van der Waals surface area contributed by atoms with E-state index in [0.29, 0.717) is 0 Å². The van der Waals surface area contributed by atoms with E-state index in [1.807, 2.05) is 20.8 Å². The second-order valence-corrected chi connectivity index (χ2v) is 3.52. The lowest BCUT2D eigenvalue weighted by Gasteiger charge is -2.20. The molecule has 0 amide bonds. The van der Waals surface area contributed by atoms with Crippen LogP contribution in [0.3, 0.4) is 0 Å². The normalized spacial score (nSPS) is 11.6. The average Bonchev–Trinajstić information content (AvgIpc) is 2.52. The van der Waals surface area contributed by atoms with Crippen molar-refractivity contribution in [2.75, 3.05) is 0 Å². The number of nitrogens with zero attached hydrogens (tertiary/aromatic N) is 3. The molecular weight excluding hydrogens is 170 g/mol. The minimum absolute atomic E-state index is 0.0909. The highest BCUT2D eigenvalue weighted by Gasteiger charge is 2.27. The third-order valence-corrected chi connectivity index (χ3v) is 2.30. The molecule has 0 N–H and O–H groups in total. The summed E-state index contributed by atoms with van der Waals surface area (Å²) in [7, 11) is 0. The molecule has 13 heavy (non-hydrogen) atoms. The Kier molecular flexibility index (Phi) is 2.36. The van der Waals surface area contributed by atoms with Crippen molar-refractivity contribution in [3.05, 3.63) is 22.5 Å². The van der Waals surface area contributed by atoms with Gasteiger partial charge in [0.25, 0.3) is 0 Å². The van der Waals surface area contributed by atoms with Crippen LogP contribution in [-0.2, 0) is 5.54 Å². The van der Waals surface area contributed by atoms with Crippen molar-refractivity contribution in [3.63, 3.8) is 0 Å². The predicted molar refractivity (Wildman–Crippen MR) is 48.5 cm³/mol. The zero-order valence-electron chi connectivity index (χ0n) is 8.02. The fourth-order valence-electron chi connectivity index (χ4n) is 1.07. The summed E-state index contributed by atoms with van der Waals surface area (Å²) >= 11 is 0. The highest BCUT2D eigenvalue weighted by Crippen LogP contribution is 2.24. The van der Waals surface area contributed by atoms with Crippen LogP contribution in [0.2, 0.25) is 0 Å². The molecule has 5 nitrogen and oxygen atoms in total. The van der Waals surface area contributed by atoms with Crippen LogP contribution >= 0.6 is 0 Å². The smallest absolute Gasteiger partial charge is 0.390 e. The first-order valence-electron chi connectivity index (χ1n) is 4.17. The zero-order valence-corrected chi connectivity index (χ0v) is 8.02. The molecule has 0 aliphatic heterocycles. The van der Waals surface area contributed by atoms with Crippen LogP contribution < -0.4 is 0 Å². The lowest BCUT2D eigenvalue weighted by molar-refractivity contribution is -0.398. The molecule has 0 fully saturated rings. The first-order valence-corrected chi connectivity index (χ1v) is 4.17. The number of nitro groups is 1. The number of imidazole rings is 1. The van der Waals surface area contributed by atoms with E-state index in [1.165, 1.54) is 6.20 Å². The summed E-state index contributed by atoms with van der Waals surface area (Å²) < 4.78 is 1.59. The summed E-state index contributed by atoms with van der Waals surface area (Å²) in [6.45, 7) is 5.88. The molecule has 0 saturated carbocycles. The Labute approximate surface area is 76.5 Å². The van der Waals surface area contributed by atoms with Gasteiger partial charge >= 0.3 is 5.95 Å². The largest absolute Gasteiger partial charge is 0.434 e. The van der Waals surface area contributed by atoms with Crippen LogP contribution in [0, 0.1) is 10.1 Å². The summed E-state index contributed by atoms with van der Waals surface area (Å²) in [6.07, 6.45) is 3.92. The molecule has 0 saturated heterocycles. The van der Waals surface area contributed by atoms with Crippen molar-refractivity contribution >= 4 is 5.95 Å². The molecule has 1 aromatic heterocycles. The Morgan fingerprint density at radius 1 is 1.69 bits per heavy atom. The van der Waals surface area contributed by atoms with Gasteiger partial charge in [0.2, 0.25) is 0 Å². The van der Waals surface area contributed by atoms with Gasteiger partial charge in [-0.05, 0) is 25.2 Å². The molecule has 1 heterocycles. The standard InChI is InChI=1S/C8H13N3O2/c1-4-8(2,3)10-6-5-9-7(10)11(12)13/h5-6H,4H2,1-3H3. The highest BCUT2D eigenvalue weighted by molar-refractivity contribution is 5.10. The first kappa shape index (κ1) is 9.70. The van der Waals surface area contributed by atoms with Crippen molar-refractivity contribution in [1.29, 1.82) is 0 Å². The van der Waals surface area contributed by atoms with E-state index in [4.69, 9.17) is 0 Å². The van der Waals surface area contributed by atoms with E-state index in [1.54, 1.807) is 10.8 Å². The Morgan fingerprint density at radius 3 is 2.77 bits per heavy atom. The van der Waals surface area contributed by atoms with E-state index >= 15 is 0 Å². The second kappa shape index (κ2) is 3.16. The van der Waals surface area contributed by atoms with Gasteiger partial charge in [-0.15, -0.1) is 0 Å². The molecule has 1 rings (SSSR count). The van der Waals surface area contributed by atoms with Gasteiger partial charge in [-0.1, -0.05) is 11.9 Å². The summed E-state index contributed by atoms with van der Waals surface area (Å²) in [5.74, 6) is -0.0909. The number of hydrogen-bond donors (Lipinski definition) is 0. The Balaban J connectivity index is 3.14. The monoisotopic (exact) mass is 183 g/mol. The Hall–Kier alpha value is -1.39. The Morgan fingerprint density at radius 2 is 2.31 bits per heavy atom. The minimum atomic E-state index is -0.461. The van der Waals surface area contributed by atoms with Crippen molar-refractivity contribution in [3.8, 4) is 0 Å². The van der Waals surface area contributed by atoms with Gasteiger partial charge < -0.3 is 10.1 Å². The van der Waals surface area contributed by atoms with Crippen molar-refractivity contribution in [2.24, 2.45) is 0 Å². The van der Waals surface area contributed by atoms with Crippen LogP contribution in [0.4, 0.5) is 5.95 Å². The van der Waals surface area contributed by atoms with Crippen molar-refractivity contribution < 1.29 is 4.92 Å². The third kappa shape index (κ3) is 1.68. The van der Waals surface area contributed by atoms with Crippen LogP contribution in [-0.4, -0.2) is 14.5 Å². The van der Waals surface area contributed by atoms with E-state index in [0.717, 1.165) is 6.42 Å². The van der Waals surface area contributed by atoms with Crippen LogP contribution in [0.5, 0.6) is 0 Å². The molecule has 0 unspecified atom stereocenters. The molecule has 0 aromatic carbocycles. The topological polar surface area (TPSA) is 61.0 Å². The van der Waals surface area contributed by atoms with Gasteiger partial charge in [-0.3, -0.25) is 0 Å². The molecule has 1 aromatic rings. The molecule has 5 heteroatoms. The van der Waals surface area contributed by atoms with E-state index < -0.39 is 4.92 Å². The lowest BCUT2D eigenvalue weighted by atomic mass is 10.0. The van der Waals surface area contributed by atoms with Gasteiger partial charge in [0.1, 0.15) is 12.4 Å². The number of hydrogen-bond acceptors (Lipinski definition) is 3. The minimum Gasteiger partial charge on any atom is -0.390 e. The number of aromatic nitrogens is 2. The van der Waals surface area contributed by atoms with Crippen LogP contribution in [0.1, 0.15) is 27.2 Å². The molecule has 0 spiro atoms. The fraction of sp³-hybridized carbons (Fsp3) is 0.625. The third-order valence-electron chi connectivity index (χ3n) is 2.30. The molecular formula is C8H13N3O2. The highest BCUT2D eigenvalue weighted by atomic mass is 16.6. The SMILES string of the molecule is CCC(C)(C)n1ccnc1[N+](=O)[O-]. The fourth-order valence-corrected chi connectivity index (χ4v) is 1.07. The van der Waals surface area contributed by atoms with Crippen LogP contribution in [0.25, 0.3) is 0 Å². The van der Waals surface area contributed by atoms with Crippen LogP contribution in [0.15, 0.2) is 12.4 Å². The molecule has 0 radical (unpaired) electrons. The van der Waals surface area contributed by atoms with E-state index in [-0.39, 0.29) is 11.5 Å². The maximum atomic E-state index is 10.6. The average molecular weight is 183 g/mol. The van der Waals surface area contributed by atoms with E-state index in [2.05, 4.69) is 4.98 Å². The number of rotatable bonds is 3. The first-order chi connectivity index (χ1) is 5.99. The van der Waals surface area contributed by atoms with Crippen molar-refractivity contribution in [1.82, 2.24) is 9.55 Å². The summed E-state index contributed by atoms with van der Waals surface area (Å²) in [4.78, 5) is 13.8. The van der Waals surface area contributed by atoms with Gasteiger partial charge in [-0.2, -0.15) is 0 Å². The summed E-state index contributed by atoms with van der Waals surface area (Å²) in [5, 5.41) is 10.6. The molecule has 0 bridgehead atoms. The maximum absolute atomic E-state index is 10.6. The molecule has 72 valence electrons. The lowest BCUT2D eigenvalue weighted by Crippen LogP contribution is -2.25. The van der Waals surface area contributed by atoms with Crippen molar-refractivity contribution in [2.45, 2.75) is 32.7 Å². The predicted octanol–water partition coefficient (Wildman–Crippen LogP) is 1.94. The van der Waals surface area contributed by atoms with Gasteiger partial charge in [0.15, 0.2) is 0 Å². The van der Waals surface area contributed by atoms with Gasteiger partial charge in [-0.25, -0.2) is 4.57 Å². The summed E-state index contributed by atoms with van der Waals surface area (Å²) in [5.41, 5.74) is -0.251. The van der Waals surface area contributed by atoms with E-state index in [9.17, 15) is 10.1 Å². The quantitative estimate of drug-likeness (QED) is 0.531.